The molecule has 0 fully saturated rings. The van der Waals surface area contributed by atoms with E-state index >= 15 is 0 Å². The van der Waals surface area contributed by atoms with E-state index in [-0.39, 0.29) is 18.0 Å². The van der Waals surface area contributed by atoms with Gasteiger partial charge in [-0.15, -0.1) is 23.7 Å². The average molecular weight is 318 g/mol. The predicted molar refractivity (Wildman–Crippen MR) is 67.0 cm³/mol. The summed E-state index contributed by atoms with van der Waals surface area (Å²) in [7, 11) is 0. The molecule has 106 valence electrons. The Bertz CT molecular complexity index is 565. The van der Waals surface area contributed by atoms with Gasteiger partial charge in [0, 0.05) is 4.70 Å². The molecule has 1 heterocycles. The van der Waals surface area contributed by atoms with Crippen LogP contribution < -0.4 is 5.73 Å². The molecule has 0 saturated heterocycles. The van der Waals surface area contributed by atoms with Crippen molar-refractivity contribution in [3.8, 4) is 0 Å². The van der Waals surface area contributed by atoms with Gasteiger partial charge in [-0.2, -0.15) is 22.0 Å². The van der Waals surface area contributed by atoms with E-state index in [9.17, 15) is 22.0 Å². The van der Waals surface area contributed by atoms with Crippen molar-refractivity contribution in [3.05, 3.63) is 35.2 Å². The van der Waals surface area contributed by atoms with Crippen molar-refractivity contribution < 1.29 is 22.0 Å². The van der Waals surface area contributed by atoms with E-state index in [1.54, 1.807) is 18.2 Å². The number of thiophene rings is 1. The molecule has 0 saturated carbocycles. The summed E-state index contributed by atoms with van der Waals surface area (Å²) in [5, 5.41) is 1.58. The minimum Gasteiger partial charge on any atom is -0.319 e. The number of nitrogens with two attached hydrogens (primary N) is 1. The molecule has 8 heteroatoms. The summed E-state index contributed by atoms with van der Waals surface area (Å²) in [6.07, 6.45) is -5.66. The molecule has 2 aromatic rings. The highest BCUT2D eigenvalue weighted by Crippen LogP contribution is 2.45. The third kappa shape index (κ3) is 2.68. The number of hydrogen-bond donors (Lipinski definition) is 1. The lowest BCUT2D eigenvalue weighted by atomic mass is 10.0. The minimum atomic E-state index is -5.66. The number of halogens is 6. The first kappa shape index (κ1) is 16.1. The molecule has 0 unspecified atom stereocenters. The first-order chi connectivity index (χ1) is 8.25. The Labute approximate surface area is 115 Å². The fourth-order valence-electron chi connectivity index (χ4n) is 1.61. The Morgan fingerprint density at radius 3 is 2.21 bits per heavy atom. The molecule has 1 aromatic heterocycles. The molecule has 0 spiro atoms. The van der Waals surface area contributed by atoms with Crippen molar-refractivity contribution in [2.24, 2.45) is 5.73 Å². The molecule has 0 aliphatic rings. The Morgan fingerprint density at radius 2 is 1.63 bits per heavy atom. The lowest BCUT2D eigenvalue weighted by molar-refractivity contribution is -0.290. The molecular formula is C11H9ClF5NS. The normalized spacial score (nSPS) is 14.2. The maximum atomic E-state index is 13.2. The van der Waals surface area contributed by atoms with Gasteiger partial charge in [-0.05, 0) is 22.4 Å². The van der Waals surface area contributed by atoms with Crippen molar-refractivity contribution >= 4 is 33.8 Å². The van der Waals surface area contributed by atoms with Crippen LogP contribution in [0.3, 0.4) is 0 Å². The number of hydrogen-bond acceptors (Lipinski definition) is 2. The Hall–Kier alpha value is -0.920. The van der Waals surface area contributed by atoms with E-state index < -0.39 is 18.1 Å². The zero-order chi connectivity index (χ0) is 13.6. The predicted octanol–water partition coefficient (Wildman–Crippen LogP) is 4.52. The monoisotopic (exact) mass is 317 g/mol. The van der Waals surface area contributed by atoms with E-state index in [1.807, 2.05) is 0 Å². The van der Waals surface area contributed by atoms with Crippen LogP contribution in [-0.4, -0.2) is 12.1 Å². The summed E-state index contributed by atoms with van der Waals surface area (Å²) in [5.41, 5.74) is 4.92. The molecule has 0 bridgehead atoms. The number of benzene rings is 1. The second kappa shape index (κ2) is 5.22. The van der Waals surface area contributed by atoms with Crippen molar-refractivity contribution in [1.29, 1.82) is 0 Å². The molecule has 0 aliphatic heterocycles. The summed E-state index contributed by atoms with van der Waals surface area (Å²) in [6, 6.07) is 3.97. The molecule has 1 nitrogen and oxygen atoms in total. The Morgan fingerprint density at radius 1 is 1.05 bits per heavy atom. The van der Waals surface area contributed by atoms with E-state index in [2.05, 4.69) is 0 Å². The van der Waals surface area contributed by atoms with Gasteiger partial charge < -0.3 is 5.73 Å². The number of rotatable bonds is 2. The van der Waals surface area contributed by atoms with Crippen LogP contribution in [0.4, 0.5) is 22.0 Å². The molecule has 0 radical (unpaired) electrons. The minimum absolute atomic E-state index is 0. The highest BCUT2D eigenvalue weighted by atomic mass is 35.5. The molecule has 0 amide bonds. The second-order valence-corrected chi connectivity index (χ2v) is 4.70. The largest absolute Gasteiger partial charge is 0.455 e. The van der Waals surface area contributed by atoms with E-state index in [0.29, 0.717) is 10.1 Å². The second-order valence-electron chi connectivity index (χ2n) is 3.79. The van der Waals surface area contributed by atoms with Gasteiger partial charge in [0.2, 0.25) is 0 Å². The van der Waals surface area contributed by atoms with E-state index in [4.69, 9.17) is 5.73 Å². The number of fused-ring (bicyclic) bond motifs is 1. The summed E-state index contributed by atoms with van der Waals surface area (Å²) < 4.78 is 63.7. The van der Waals surface area contributed by atoms with Crippen molar-refractivity contribution in [2.45, 2.75) is 18.1 Å². The first-order valence-corrected chi connectivity index (χ1v) is 5.79. The smallest absolute Gasteiger partial charge is 0.319 e. The molecule has 19 heavy (non-hydrogen) atoms. The van der Waals surface area contributed by atoms with Crippen LogP contribution in [0.1, 0.15) is 11.6 Å². The Balaban J connectivity index is 0.00000180. The van der Waals surface area contributed by atoms with Gasteiger partial charge in [-0.25, -0.2) is 0 Å². The highest BCUT2D eigenvalue weighted by Gasteiger charge is 2.62. The molecule has 1 atom stereocenters. The summed E-state index contributed by atoms with van der Waals surface area (Å²) in [6.45, 7) is 0. The van der Waals surface area contributed by atoms with Gasteiger partial charge in [-0.3, -0.25) is 0 Å². The van der Waals surface area contributed by atoms with Crippen LogP contribution in [-0.2, 0) is 0 Å². The van der Waals surface area contributed by atoms with Gasteiger partial charge >= 0.3 is 12.1 Å². The van der Waals surface area contributed by atoms with Crippen LogP contribution in [0.2, 0.25) is 0 Å². The van der Waals surface area contributed by atoms with Crippen molar-refractivity contribution in [3.63, 3.8) is 0 Å². The molecule has 0 aliphatic carbocycles. The lowest BCUT2D eigenvalue weighted by Gasteiger charge is -2.25. The fraction of sp³-hybridized carbons (Fsp3) is 0.273. The van der Waals surface area contributed by atoms with Gasteiger partial charge in [-0.1, -0.05) is 18.2 Å². The average Bonchev–Trinajstić information content (AvgIpc) is 2.70. The van der Waals surface area contributed by atoms with Gasteiger partial charge in [0.25, 0.3) is 0 Å². The van der Waals surface area contributed by atoms with E-state index in [0.717, 1.165) is 11.3 Å². The van der Waals surface area contributed by atoms with Gasteiger partial charge in [0.15, 0.2) is 0 Å². The summed E-state index contributed by atoms with van der Waals surface area (Å²) >= 11 is 1.09. The lowest BCUT2D eigenvalue weighted by Crippen LogP contribution is -2.45. The van der Waals surface area contributed by atoms with Crippen LogP contribution >= 0.6 is 23.7 Å². The fourth-order valence-corrected chi connectivity index (χ4v) is 2.61. The zero-order valence-electron chi connectivity index (χ0n) is 9.25. The molecule has 1 aromatic carbocycles. The van der Waals surface area contributed by atoms with Crippen molar-refractivity contribution in [2.75, 3.05) is 0 Å². The van der Waals surface area contributed by atoms with Gasteiger partial charge in [0.05, 0.1) is 0 Å². The molecule has 2 rings (SSSR count). The van der Waals surface area contributed by atoms with E-state index in [1.165, 1.54) is 11.4 Å². The van der Waals surface area contributed by atoms with Crippen LogP contribution in [0, 0.1) is 0 Å². The maximum absolute atomic E-state index is 13.2. The van der Waals surface area contributed by atoms with Crippen LogP contribution in [0.5, 0.6) is 0 Å². The summed E-state index contributed by atoms with van der Waals surface area (Å²) in [5.74, 6) is -4.95. The molecular weight excluding hydrogens is 309 g/mol. The van der Waals surface area contributed by atoms with Crippen LogP contribution in [0.25, 0.3) is 10.1 Å². The third-order valence-corrected chi connectivity index (χ3v) is 3.60. The third-order valence-electron chi connectivity index (χ3n) is 2.61. The highest BCUT2D eigenvalue weighted by molar-refractivity contribution is 7.17. The summed E-state index contributed by atoms with van der Waals surface area (Å²) in [4.78, 5) is 0. The Kier molecular flexibility index (Phi) is 4.44. The SMILES string of the molecule is Cl.N[C@H](c1csc2ccccc12)C(F)(F)C(F)(F)F. The number of alkyl halides is 5. The van der Waals surface area contributed by atoms with Crippen LogP contribution in [0.15, 0.2) is 29.6 Å². The van der Waals surface area contributed by atoms with Crippen molar-refractivity contribution in [1.82, 2.24) is 0 Å². The topological polar surface area (TPSA) is 26.0 Å². The zero-order valence-corrected chi connectivity index (χ0v) is 10.9. The maximum Gasteiger partial charge on any atom is 0.455 e. The van der Waals surface area contributed by atoms with Gasteiger partial charge in [0.1, 0.15) is 6.04 Å². The molecule has 2 N–H and O–H groups in total. The quantitative estimate of drug-likeness (QED) is 0.810. The standard InChI is InChI=1S/C11H8F5NS.ClH/c12-10(13,11(14,15)16)9(17)7-5-18-8-4-2-1-3-6(7)8;/h1-5,9H,17H2;1H/t9-;/m1./s1. The first-order valence-electron chi connectivity index (χ1n) is 4.91.